The molecule has 1 aromatic heterocycles. The Morgan fingerprint density at radius 3 is 2.55 bits per heavy atom. The van der Waals surface area contributed by atoms with Crippen LogP contribution in [0.25, 0.3) is 0 Å². The Labute approximate surface area is 126 Å². The molecule has 1 unspecified atom stereocenters. The highest BCUT2D eigenvalue weighted by atomic mass is 79.9. The lowest BCUT2D eigenvalue weighted by Gasteiger charge is -2.20. The van der Waals surface area contributed by atoms with E-state index < -0.39 is 11.9 Å². The van der Waals surface area contributed by atoms with Gasteiger partial charge in [-0.3, -0.25) is 4.68 Å². The topological polar surface area (TPSA) is 38.0 Å². The number of aryl methyl sites for hydroxylation is 1. The standard InChI is InChI=1S/C15H18BrFN2O/c1-15(2,3)14-11(8-19(4)18-14)13(20)10-7-9(16)5-6-12(10)17/h5-8,13,20H,1-4H3. The minimum Gasteiger partial charge on any atom is -0.383 e. The molecule has 0 radical (unpaired) electrons. The molecule has 108 valence electrons. The van der Waals surface area contributed by atoms with Gasteiger partial charge in [0, 0.05) is 34.3 Å². The van der Waals surface area contributed by atoms with Gasteiger partial charge in [-0.2, -0.15) is 5.10 Å². The second-order valence-electron chi connectivity index (χ2n) is 5.93. The molecule has 2 rings (SSSR count). The minimum absolute atomic E-state index is 0.222. The Kier molecular flexibility index (Phi) is 4.02. The Bertz CT molecular complexity index is 631. The first-order chi connectivity index (χ1) is 9.20. The van der Waals surface area contributed by atoms with Gasteiger partial charge < -0.3 is 5.11 Å². The van der Waals surface area contributed by atoms with E-state index in [1.165, 1.54) is 6.07 Å². The molecule has 1 aromatic carbocycles. The lowest BCUT2D eigenvalue weighted by molar-refractivity contribution is 0.212. The Morgan fingerprint density at radius 2 is 1.95 bits per heavy atom. The number of benzene rings is 1. The number of hydrogen-bond donors (Lipinski definition) is 1. The van der Waals surface area contributed by atoms with Gasteiger partial charge in [0.1, 0.15) is 11.9 Å². The molecule has 1 heterocycles. The van der Waals surface area contributed by atoms with Gasteiger partial charge in [0.25, 0.3) is 0 Å². The summed E-state index contributed by atoms with van der Waals surface area (Å²) in [5.74, 6) is -0.426. The van der Waals surface area contributed by atoms with Gasteiger partial charge in [0.2, 0.25) is 0 Å². The minimum atomic E-state index is -1.03. The zero-order valence-corrected chi connectivity index (χ0v) is 13.6. The fourth-order valence-electron chi connectivity index (χ4n) is 2.18. The predicted molar refractivity (Wildman–Crippen MR) is 80.1 cm³/mol. The van der Waals surface area contributed by atoms with Gasteiger partial charge in [-0.05, 0) is 18.2 Å². The van der Waals surface area contributed by atoms with Crippen LogP contribution in [-0.2, 0) is 12.5 Å². The van der Waals surface area contributed by atoms with Crippen LogP contribution in [0.5, 0.6) is 0 Å². The molecule has 0 saturated heterocycles. The van der Waals surface area contributed by atoms with Crippen molar-refractivity contribution in [3.05, 3.63) is 51.5 Å². The van der Waals surface area contributed by atoms with E-state index in [1.54, 1.807) is 30.1 Å². The summed E-state index contributed by atoms with van der Waals surface area (Å²) in [5.41, 5.74) is 1.43. The average Bonchev–Trinajstić information content (AvgIpc) is 2.73. The van der Waals surface area contributed by atoms with E-state index in [4.69, 9.17) is 0 Å². The molecule has 0 fully saturated rings. The molecule has 0 saturated carbocycles. The molecule has 0 aliphatic rings. The maximum absolute atomic E-state index is 13.9. The molecule has 0 spiro atoms. The SMILES string of the molecule is Cn1cc(C(O)c2cc(Br)ccc2F)c(C(C)(C)C)n1. The number of hydrogen-bond acceptors (Lipinski definition) is 2. The molecule has 3 nitrogen and oxygen atoms in total. The zero-order valence-electron chi connectivity index (χ0n) is 12.0. The number of aliphatic hydroxyl groups is 1. The summed E-state index contributed by atoms with van der Waals surface area (Å²) in [6, 6.07) is 4.55. The molecule has 0 bridgehead atoms. The van der Waals surface area contributed by atoms with Crippen molar-refractivity contribution in [2.24, 2.45) is 7.05 Å². The number of aliphatic hydroxyl groups excluding tert-OH is 1. The number of aromatic nitrogens is 2. The molecule has 1 N–H and O–H groups in total. The summed E-state index contributed by atoms with van der Waals surface area (Å²) in [7, 11) is 1.79. The summed E-state index contributed by atoms with van der Waals surface area (Å²) in [6.45, 7) is 6.05. The van der Waals surface area contributed by atoms with E-state index >= 15 is 0 Å². The Balaban J connectivity index is 2.54. The van der Waals surface area contributed by atoms with Crippen molar-refractivity contribution >= 4 is 15.9 Å². The summed E-state index contributed by atoms with van der Waals surface area (Å²) in [5, 5.41) is 14.9. The van der Waals surface area contributed by atoms with Crippen LogP contribution >= 0.6 is 15.9 Å². The Hall–Kier alpha value is -1.20. The highest BCUT2D eigenvalue weighted by Gasteiger charge is 2.27. The van der Waals surface area contributed by atoms with E-state index in [2.05, 4.69) is 21.0 Å². The van der Waals surface area contributed by atoms with Crippen LogP contribution in [0.3, 0.4) is 0 Å². The van der Waals surface area contributed by atoms with Crippen molar-refractivity contribution in [3.63, 3.8) is 0 Å². The maximum atomic E-state index is 13.9. The molecule has 20 heavy (non-hydrogen) atoms. The van der Waals surface area contributed by atoms with E-state index in [0.29, 0.717) is 5.56 Å². The van der Waals surface area contributed by atoms with E-state index in [-0.39, 0.29) is 11.0 Å². The first kappa shape index (κ1) is 15.2. The van der Waals surface area contributed by atoms with E-state index in [1.807, 2.05) is 20.8 Å². The lowest BCUT2D eigenvalue weighted by Crippen LogP contribution is -2.17. The van der Waals surface area contributed by atoms with Crippen LogP contribution < -0.4 is 0 Å². The third kappa shape index (κ3) is 2.94. The normalized spacial score (nSPS) is 13.6. The van der Waals surface area contributed by atoms with Crippen LogP contribution in [0.15, 0.2) is 28.9 Å². The molecule has 1 atom stereocenters. The highest BCUT2D eigenvalue weighted by molar-refractivity contribution is 9.10. The van der Waals surface area contributed by atoms with Crippen molar-refractivity contribution < 1.29 is 9.50 Å². The van der Waals surface area contributed by atoms with Crippen LogP contribution in [0.4, 0.5) is 4.39 Å². The number of nitrogens with zero attached hydrogens (tertiary/aromatic N) is 2. The second kappa shape index (κ2) is 5.30. The van der Waals surface area contributed by atoms with Crippen LogP contribution in [-0.4, -0.2) is 14.9 Å². The van der Waals surface area contributed by atoms with Crippen molar-refractivity contribution in [1.82, 2.24) is 9.78 Å². The van der Waals surface area contributed by atoms with Crippen molar-refractivity contribution in [1.29, 1.82) is 0 Å². The molecule has 0 amide bonds. The average molecular weight is 341 g/mol. The monoisotopic (exact) mass is 340 g/mol. The quantitative estimate of drug-likeness (QED) is 0.905. The molecule has 5 heteroatoms. The molecule has 0 aliphatic carbocycles. The van der Waals surface area contributed by atoms with Gasteiger partial charge in [0.05, 0.1) is 5.69 Å². The third-order valence-electron chi connectivity index (χ3n) is 3.11. The molecular weight excluding hydrogens is 323 g/mol. The summed E-state index contributed by atoms with van der Waals surface area (Å²) < 4.78 is 16.3. The first-order valence-electron chi connectivity index (χ1n) is 6.37. The summed E-state index contributed by atoms with van der Waals surface area (Å²) in [6.07, 6.45) is 0.710. The fourth-order valence-corrected chi connectivity index (χ4v) is 2.56. The van der Waals surface area contributed by atoms with Gasteiger partial charge in [-0.25, -0.2) is 4.39 Å². The van der Waals surface area contributed by atoms with Gasteiger partial charge in [-0.15, -0.1) is 0 Å². The third-order valence-corrected chi connectivity index (χ3v) is 3.61. The fraction of sp³-hybridized carbons (Fsp3) is 0.400. The Morgan fingerprint density at radius 1 is 1.30 bits per heavy atom. The van der Waals surface area contributed by atoms with Crippen LogP contribution in [0, 0.1) is 5.82 Å². The van der Waals surface area contributed by atoms with E-state index in [0.717, 1.165) is 10.2 Å². The molecule has 2 aromatic rings. The second-order valence-corrected chi connectivity index (χ2v) is 6.84. The smallest absolute Gasteiger partial charge is 0.129 e. The maximum Gasteiger partial charge on any atom is 0.129 e. The highest BCUT2D eigenvalue weighted by Crippen LogP contribution is 2.33. The molecular formula is C15H18BrFN2O. The number of rotatable bonds is 2. The van der Waals surface area contributed by atoms with E-state index in [9.17, 15) is 9.50 Å². The van der Waals surface area contributed by atoms with Crippen LogP contribution in [0.1, 0.15) is 43.7 Å². The van der Waals surface area contributed by atoms with Crippen molar-refractivity contribution in [2.45, 2.75) is 32.3 Å². The largest absolute Gasteiger partial charge is 0.383 e. The number of halogens is 2. The van der Waals surface area contributed by atoms with Crippen molar-refractivity contribution in [2.75, 3.05) is 0 Å². The lowest BCUT2D eigenvalue weighted by atomic mass is 9.87. The van der Waals surface area contributed by atoms with Gasteiger partial charge in [0.15, 0.2) is 0 Å². The zero-order chi connectivity index (χ0) is 15.1. The van der Waals surface area contributed by atoms with Crippen molar-refractivity contribution in [3.8, 4) is 0 Å². The van der Waals surface area contributed by atoms with Gasteiger partial charge >= 0.3 is 0 Å². The van der Waals surface area contributed by atoms with Gasteiger partial charge in [-0.1, -0.05) is 36.7 Å². The summed E-state index contributed by atoms with van der Waals surface area (Å²) in [4.78, 5) is 0. The predicted octanol–water partition coefficient (Wildman–Crippen LogP) is 3.70. The first-order valence-corrected chi connectivity index (χ1v) is 7.16. The summed E-state index contributed by atoms with van der Waals surface area (Å²) >= 11 is 3.30. The van der Waals surface area contributed by atoms with Crippen LogP contribution in [0.2, 0.25) is 0 Å². The molecule has 0 aliphatic heterocycles.